The van der Waals surface area contributed by atoms with Crippen LogP contribution in [-0.2, 0) is 18.3 Å². The van der Waals surface area contributed by atoms with Gasteiger partial charge in [0.25, 0.3) is 0 Å². The molecule has 0 aromatic carbocycles. The SMILES string of the molecule is Cn1ccnc1CC(C(=O)O)C(C)(C)C. The number of aliphatic carboxylic acids is 1. The predicted molar refractivity (Wildman–Crippen MR) is 57.5 cm³/mol. The first-order valence-electron chi connectivity index (χ1n) is 5.01. The quantitative estimate of drug-likeness (QED) is 0.826. The molecule has 0 aliphatic heterocycles. The largest absolute Gasteiger partial charge is 0.481 e. The van der Waals surface area contributed by atoms with Crippen LogP contribution in [0.1, 0.15) is 26.6 Å². The lowest BCUT2D eigenvalue weighted by atomic mass is 9.78. The first-order chi connectivity index (χ1) is 6.82. The van der Waals surface area contributed by atoms with Gasteiger partial charge in [0.1, 0.15) is 5.82 Å². The molecular formula is C11H18N2O2. The second kappa shape index (κ2) is 4.04. The Labute approximate surface area is 89.9 Å². The molecule has 0 aliphatic rings. The maximum atomic E-state index is 11.1. The van der Waals surface area contributed by atoms with E-state index in [4.69, 9.17) is 5.11 Å². The average molecular weight is 210 g/mol. The molecule has 1 aromatic heterocycles. The van der Waals surface area contributed by atoms with E-state index in [1.165, 1.54) is 0 Å². The number of hydrogen-bond donors (Lipinski definition) is 1. The van der Waals surface area contributed by atoms with Crippen molar-refractivity contribution in [1.82, 2.24) is 9.55 Å². The van der Waals surface area contributed by atoms with Crippen molar-refractivity contribution >= 4 is 5.97 Å². The Morgan fingerprint density at radius 2 is 2.20 bits per heavy atom. The summed E-state index contributed by atoms with van der Waals surface area (Å²) >= 11 is 0. The number of imidazole rings is 1. The van der Waals surface area contributed by atoms with E-state index in [1.54, 1.807) is 6.20 Å². The molecule has 1 heterocycles. The first kappa shape index (κ1) is 11.8. The molecule has 0 bridgehead atoms. The highest BCUT2D eigenvalue weighted by Gasteiger charge is 2.32. The van der Waals surface area contributed by atoms with Crippen molar-refractivity contribution < 1.29 is 9.90 Å². The molecule has 84 valence electrons. The van der Waals surface area contributed by atoms with Crippen LogP contribution in [0.5, 0.6) is 0 Å². The van der Waals surface area contributed by atoms with E-state index in [-0.39, 0.29) is 5.41 Å². The molecular weight excluding hydrogens is 192 g/mol. The van der Waals surface area contributed by atoms with E-state index in [0.29, 0.717) is 6.42 Å². The minimum atomic E-state index is -0.759. The van der Waals surface area contributed by atoms with Crippen LogP contribution in [0.3, 0.4) is 0 Å². The molecule has 0 radical (unpaired) electrons. The Kier molecular flexibility index (Phi) is 3.17. The molecule has 1 rings (SSSR count). The van der Waals surface area contributed by atoms with Crippen LogP contribution >= 0.6 is 0 Å². The molecule has 0 amide bonds. The molecule has 1 atom stereocenters. The molecule has 0 fully saturated rings. The van der Waals surface area contributed by atoms with Gasteiger partial charge in [0.05, 0.1) is 5.92 Å². The molecule has 4 nitrogen and oxygen atoms in total. The van der Waals surface area contributed by atoms with Crippen LogP contribution in [0.25, 0.3) is 0 Å². The molecule has 1 N–H and O–H groups in total. The van der Waals surface area contributed by atoms with Crippen molar-refractivity contribution in [2.24, 2.45) is 18.4 Å². The molecule has 15 heavy (non-hydrogen) atoms. The topological polar surface area (TPSA) is 55.1 Å². The number of aromatic nitrogens is 2. The van der Waals surface area contributed by atoms with Crippen molar-refractivity contribution in [2.45, 2.75) is 27.2 Å². The minimum absolute atomic E-state index is 0.252. The van der Waals surface area contributed by atoms with E-state index in [1.807, 2.05) is 38.6 Å². The molecule has 1 aromatic rings. The van der Waals surface area contributed by atoms with Crippen molar-refractivity contribution in [2.75, 3.05) is 0 Å². The van der Waals surface area contributed by atoms with Gasteiger partial charge < -0.3 is 9.67 Å². The molecule has 0 aliphatic carbocycles. The lowest BCUT2D eigenvalue weighted by Crippen LogP contribution is -2.31. The number of carbonyl (C=O) groups is 1. The van der Waals surface area contributed by atoms with Crippen LogP contribution in [-0.4, -0.2) is 20.6 Å². The van der Waals surface area contributed by atoms with Crippen molar-refractivity contribution in [3.63, 3.8) is 0 Å². The fourth-order valence-electron chi connectivity index (χ4n) is 1.54. The number of nitrogens with zero attached hydrogens (tertiary/aromatic N) is 2. The summed E-state index contributed by atoms with van der Waals surface area (Å²) in [7, 11) is 1.88. The third kappa shape index (κ3) is 2.81. The average Bonchev–Trinajstić information content (AvgIpc) is 2.44. The zero-order valence-electron chi connectivity index (χ0n) is 9.69. The zero-order chi connectivity index (χ0) is 11.6. The summed E-state index contributed by atoms with van der Waals surface area (Å²) in [6.45, 7) is 5.82. The van der Waals surface area contributed by atoms with Gasteiger partial charge in [-0.05, 0) is 5.41 Å². The molecule has 0 spiro atoms. The number of carboxylic acid groups (broad SMARTS) is 1. The Hall–Kier alpha value is -1.32. The standard InChI is InChI=1S/C11H18N2O2/c1-11(2,3)8(10(14)15)7-9-12-5-6-13(9)4/h5-6,8H,7H2,1-4H3,(H,14,15). The minimum Gasteiger partial charge on any atom is -0.481 e. The summed E-state index contributed by atoms with van der Waals surface area (Å²) in [5.41, 5.74) is -0.252. The summed E-state index contributed by atoms with van der Waals surface area (Å²) in [6, 6.07) is 0. The maximum Gasteiger partial charge on any atom is 0.307 e. The Morgan fingerprint density at radius 1 is 1.60 bits per heavy atom. The summed E-state index contributed by atoms with van der Waals surface area (Å²) in [6.07, 6.45) is 4.00. The Bertz CT molecular complexity index is 350. The fourth-order valence-corrected chi connectivity index (χ4v) is 1.54. The molecule has 0 saturated carbocycles. The number of carboxylic acids is 1. The van der Waals surface area contributed by atoms with Crippen LogP contribution < -0.4 is 0 Å². The predicted octanol–water partition coefficient (Wildman–Crippen LogP) is 1.71. The molecule has 0 saturated heterocycles. The monoisotopic (exact) mass is 210 g/mol. The highest BCUT2D eigenvalue weighted by atomic mass is 16.4. The second-order valence-corrected chi connectivity index (χ2v) is 4.92. The first-order valence-corrected chi connectivity index (χ1v) is 5.01. The van der Waals surface area contributed by atoms with Gasteiger partial charge >= 0.3 is 5.97 Å². The van der Waals surface area contributed by atoms with Gasteiger partial charge in [-0.3, -0.25) is 4.79 Å². The zero-order valence-corrected chi connectivity index (χ0v) is 9.69. The summed E-state index contributed by atoms with van der Waals surface area (Å²) < 4.78 is 1.86. The van der Waals surface area contributed by atoms with Crippen molar-refractivity contribution in [3.8, 4) is 0 Å². The highest BCUT2D eigenvalue weighted by Crippen LogP contribution is 2.28. The smallest absolute Gasteiger partial charge is 0.307 e. The summed E-state index contributed by atoms with van der Waals surface area (Å²) in [5, 5.41) is 9.16. The third-order valence-corrected chi connectivity index (χ3v) is 2.65. The van der Waals surface area contributed by atoms with Crippen LogP contribution in [0, 0.1) is 11.3 Å². The Balaban J connectivity index is 2.86. The van der Waals surface area contributed by atoms with Crippen LogP contribution in [0.2, 0.25) is 0 Å². The lowest BCUT2D eigenvalue weighted by Gasteiger charge is -2.26. The molecule has 4 heteroatoms. The fraction of sp³-hybridized carbons (Fsp3) is 0.636. The van der Waals surface area contributed by atoms with Gasteiger partial charge in [-0.1, -0.05) is 20.8 Å². The highest BCUT2D eigenvalue weighted by molar-refractivity contribution is 5.71. The van der Waals surface area contributed by atoms with Crippen LogP contribution in [0.4, 0.5) is 0 Å². The van der Waals surface area contributed by atoms with Crippen LogP contribution in [0.15, 0.2) is 12.4 Å². The third-order valence-electron chi connectivity index (χ3n) is 2.65. The van der Waals surface area contributed by atoms with E-state index >= 15 is 0 Å². The second-order valence-electron chi connectivity index (χ2n) is 4.92. The number of aryl methyl sites for hydroxylation is 1. The lowest BCUT2D eigenvalue weighted by molar-refractivity contribution is -0.145. The van der Waals surface area contributed by atoms with Gasteiger partial charge in [-0.15, -0.1) is 0 Å². The van der Waals surface area contributed by atoms with Crippen molar-refractivity contribution in [3.05, 3.63) is 18.2 Å². The van der Waals surface area contributed by atoms with Gasteiger partial charge in [0.2, 0.25) is 0 Å². The summed E-state index contributed by atoms with van der Waals surface area (Å²) in [4.78, 5) is 15.3. The maximum absolute atomic E-state index is 11.1. The van der Waals surface area contributed by atoms with E-state index in [0.717, 1.165) is 5.82 Å². The number of hydrogen-bond acceptors (Lipinski definition) is 2. The van der Waals surface area contributed by atoms with Gasteiger partial charge in [-0.25, -0.2) is 4.98 Å². The van der Waals surface area contributed by atoms with Gasteiger partial charge in [-0.2, -0.15) is 0 Å². The molecule has 1 unspecified atom stereocenters. The number of rotatable bonds is 3. The normalized spacial score (nSPS) is 13.9. The van der Waals surface area contributed by atoms with E-state index in [2.05, 4.69) is 4.98 Å². The Morgan fingerprint density at radius 3 is 2.53 bits per heavy atom. The van der Waals surface area contributed by atoms with Crippen molar-refractivity contribution in [1.29, 1.82) is 0 Å². The van der Waals surface area contributed by atoms with Gasteiger partial charge in [0.15, 0.2) is 0 Å². The van der Waals surface area contributed by atoms with Gasteiger partial charge in [0, 0.05) is 25.9 Å². The van der Waals surface area contributed by atoms with E-state index in [9.17, 15) is 4.79 Å². The summed E-state index contributed by atoms with van der Waals surface area (Å²) in [5.74, 6) is -0.346. The van der Waals surface area contributed by atoms with E-state index < -0.39 is 11.9 Å².